The number of aromatic nitrogens is 2. The average Bonchev–Trinajstić information content (AvgIpc) is 2.76. The summed E-state index contributed by atoms with van der Waals surface area (Å²) in [4.78, 5) is 0. The molecule has 20 heavy (non-hydrogen) atoms. The number of aryl methyl sites for hydroxylation is 1. The fourth-order valence-electron chi connectivity index (χ4n) is 2.43. The van der Waals surface area contributed by atoms with Crippen LogP contribution in [0.4, 0.5) is 0 Å². The first kappa shape index (κ1) is 17.2. The Hall–Kier alpha value is -0.882. The molecular weight excluding hydrogens is 427 g/mol. The van der Waals surface area contributed by atoms with Gasteiger partial charge in [-0.15, -0.1) is 0 Å². The number of benzene rings is 1. The molecule has 0 unspecified atom stereocenters. The third-order valence-corrected chi connectivity index (χ3v) is 3.50. The number of hydrogen-bond acceptors (Lipinski definition) is 1. The van der Waals surface area contributed by atoms with Crippen LogP contribution in [-0.4, -0.2) is 9.78 Å². The SMILES string of the molecule is Cc1cccc(C(C)(C)C)c1-c1cnn(C(C)C)c1.[Pt]. The Morgan fingerprint density at radius 1 is 1.15 bits per heavy atom. The maximum Gasteiger partial charge on any atom is 0.0568 e. The minimum atomic E-state index is 0. The molecule has 0 fully saturated rings. The molecule has 0 atom stereocenters. The summed E-state index contributed by atoms with van der Waals surface area (Å²) in [5.74, 6) is 0. The van der Waals surface area contributed by atoms with Gasteiger partial charge in [-0.05, 0) is 42.9 Å². The van der Waals surface area contributed by atoms with Crippen molar-refractivity contribution in [3.05, 3.63) is 41.7 Å². The molecule has 0 aliphatic carbocycles. The first-order valence-electron chi connectivity index (χ1n) is 6.95. The molecule has 0 saturated heterocycles. The van der Waals surface area contributed by atoms with Gasteiger partial charge in [0.2, 0.25) is 0 Å². The van der Waals surface area contributed by atoms with Crippen molar-refractivity contribution in [2.45, 2.75) is 53.0 Å². The Morgan fingerprint density at radius 2 is 1.80 bits per heavy atom. The predicted octanol–water partition coefficient (Wildman–Crippen LogP) is 4.73. The van der Waals surface area contributed by atoms with Crippen LogP contribution >= 0.6 is 0 Å². The standard InChI is InChI=1S/C17H24N2.Pt/c1-12(2)19-11-14(10-18-19)16-13(3)8-7-9-15(16)17(4,5)6;/h7-12H,1-6H3;. The van der Waals surface area contributed by atoms with Crippen LogP contribution in [0, 0.1) is 6.92 Å². The minimum Gasteiger partial charge on any atom is -0.270 e. The van der Waals surface area contributed by atoms with Crippen LogP contribution in [0.25, 0.3) is 11.1 Å². The minimum absolute atomic E-state index is 0. The van der Waals surface area contributed by atoms with E-state index < -0.39 is 0 Å². The normalized spacial score (nSPS) is 11.6. The first-order chi connectivity index (χ1) is 8.80. The van der Waals surface area contributed by atoms with Gasteiger partial charge in [0.25, 0.3) is 0 Å². The van der Waals surface area contributed by atoms with E-state index in [2.05, 4.69) is 71.0 Å². The van der Waals surface area contributed by atoms with E-state index in [-0.39, 0.29) is 26.5 Å². The zero-order valence-electron chi connectivity index (χ0n) is 13.2. The average molecular weight is 451 g/mol. The van der Waals surface area contributed by atoms with Crippen molar-refractivity contribution in [1.82, 2.24) is 9.78 Å². The van der Waals surface area contributed by atoms with Crippen molar-refractivity contribution in [2.24, 2.45) is 0 Å². The predicted molar refractivity (Wildman–Crippen MR) is 81.5 cm³/mol. The second-order valence-electron chi connectivity index (χ2n) is 6.55. The molecule has 0 bridgehead atoms. The summed E-state index contributed by atoms with van der Waals surface area (Å²) >= 11 is 0. The second kappa shape index (κ2) is 6.26. The molecule has 1 aromatic heterocycles. The zero-order chi connectivity index (χ0) is 14.2. The van der Waals surface area contributed by atoms with Crippen LogP contribution in [0.15, 0.2) is 30.6 Å². The summed E-state index contributed by atoms with van der Waals surface area (Å²) in [5, 5.41) is 4.47. The molecule has 2 rings (SSSR count). The Kier molecular flexibility index (Phi) is 5.38. The summed E-state index contributed by atoms with van der Waals surface area (Å²) in [6, 6.07) is 6.95. The summed E-state index contributed by atoms with van der Waals surface area (Å²) in [5.41, 5.74) is 5.39. The molecule has 112 valence electrons. The van der Waals surface area contributed by atoms with Gasteiger partial charge in [0.05, 0.1) is 6.20 Å². The summed E-state index contributed by atoms with van der Waals surface area (Å²) in [6.45, 7) is 13.3. The molecular formula is C17H24N2Pt. The molecule has 2 aromatic rings. The number of nitrogens with zero attached hydrogens (tertiary/aromatic N) is 2. The van der Waals surface area contributed by atoms with Gasteiger partial charge in [-0.2, -0.15) is 5.10 Å². The molecule has 2 nitrogen and oxygen atoms in total. The van der Waals surface area contributed by atoms with Gasteiger partial charge < -0.3 is 0 Å². The molecule has 0 amide bonds. The molecule has 0 aliphatic heterocycles. The van der Waals surface area contributed by atoms with Gasteiger partial charge in [0.15, 0.2) is 0 Å². The monoisotopic (exact) mass is 451 g/mol. The molecule has 0 spiro atoms. The van der Waals surface area contributed by atoms with Crippen molar-refractivity contribution >= 4 is 0 Å². The summed E-state index contributed by atoms with van der Waals surface area (Å²) in [6.07, 6.45) is 4.14. The molecule has 0 radical (unpaired) electrons. The van der Waals surface area contributed by atoms with Crippen molar-refractivity contribution < 1.29 is 21.1 Å². The van der Waals surface area contributed by atoms with Gasteiger partial charge in [-0.3, -0.25) is 4.68 Å². The molecule has 1 aromatic carbocycles. The van der Waals surface area contributed by atoms with Crippen LogP contribution in [0.1, 0.15) is 51.8 Å². The van der Waals surface area contributed by atoms with Gasteiger partial charge in [0, 0.05) is 38.9 Å². The quantitative estimate of drug-likeness (QED) is 0.645. The van der Waals surface area contributed by atoms with Gasteiger partial charge in [0.1, 0.15) is 0 Å². The smallest absolute Gasteiger partial charge is 0.0568 e. The van der Waals surface area contributed by atoms with Gasteiger partial charge >= 0.3 is 0 Å². The fraction of sp³-hybridized carbons (Fsp3) is 0.471. The second-order valence-corrected chi connectivity index (χ2v) is 6.55. The maximum absolute atomic E-state index is 4.47. The van der Waals surface area contributed by atoms with E-state index in [9.17, 15) is 0 Å². The summed E-state index contributed by atoms with van der Waals surface area (Å²) in [7, 11) is 0. The van der Waals surface area contributed by atoms with Crippen LogP contribution in [0.3, 0.4) is 0 Å². The third kappa shape index (κ3) is 3.41. The van der Waals surface area contributed by atoms with E-state index in [1.54, 1.807) is 0 Å². The Bertz CT molecular complexity index is 577. The van der Waals surface area contributed by atoms with Crippen molar-refractivity contribution in [3.63, 3.8) is 0 Å². The van der Waals surface area contributed by atoms with Crippen LogP contribution < -0.4 is 0 Å². The third-order valence-electron chi connectivity index (χ3n) is 3.50. The molecule has 0 saturated carbocycles. The van der Waals surface area contributed by atoms with E-state index in [0.717, 1.165) is 0 Å². The van der Waals surface area contributed by atoms with Crippen LogP contribution in [0.2, 0.25) is 0 Å². The van der Waals surface area contributed by atoms with Gasteiger partial charge in [-0.1, -0.05) is 39.0 Å². The largest absolute Gasteiger partial charge is 0.270 e. The van der Waals surface area contributed by atoms with Crippen LogP contribution in [0.5, 0.6) is 0 Å². The summed E-state index contributed by atoms with van der Waals surface area (Å²) < 4.78 is 2.02. The maximum atomic E-state index is 4.47. The van der Waals surface area contributed by atoms with Gasteiger partial charge in [-0.25, -0.2) is 0 Å². The van der Waals surface area contributed by atoms with E-state index in [4.69, 9.17) is 0 Å². The van der Waals surface area contributed by atoms with Crippen LogP contribution in [-0.2, 0) is 26.5 Å². The fourth-order valence-corrected chi connectivity index (χ4v) is 2.43. The van der Waals surface area contributed by atoms with Crippen molar-refractivity contribution in [3.8, 4) is 11.1 Å². The van der Waals surface area contributed by atoms with Crippen molar-refractivity contribution in [2.75, 3.05) is 0 Å². The number of rotatable bonds is 2. The zero-order valence-corrected chi connectivity index (χ0v) is 15.4. The van der Waals surface area contributed by atoms with E-state index in [1.165, 1.54) is 22.3 Å². The Morgan fingerprint density at radius 3 is 2.30 bits per heavy atom. The van der Waals surface area contributed by atoms with Crippen molar-refractivity contribution in [1.29, 1.82) is 0 Å². The van der Waals surface area contributed by atoms with E-state index >= 15 is 0 Å². The molecule has 0 N–H and O–H groups in total. The Balaban J connectivity index is 0.00000200. The molecule has 0 aliphatic rings. The first-order valence-corrected chi connectivity index (χ1v) is 6.95. The topological polar surface area (TPSA) is 17.8 Å². The van der Waals surface area contributed by atoms with E-state index in [1.807, 2.05) is 10.9 Å². The van der Waals surface area contributed by atoms with E-state index in [0.29, 0.717) is 6.04 Å². The molecule has 1 heterocycles. The molecule has 3 heteroatoms. The number of hydrogen-bond donors (Lipinski definition) is 0. The Labute approximate surface area is 136 Å².